The summed E-state index contributed by atoms with van der Waals surface area (Å²) in [7, 11) is 0. The van der Waals surface area contributed by atoms with Crippen molar-refractivity contribution >= 4 is 0 Å². The number of nitrogens with zero attached hydrogens (tertiary/aromatic N) is 1. The van der Waals surface area contributed by atoms with Crippen molar-refractivity contribution in [3.8, 4) is 0 Å². The van der Waals surface area contributed by atoms with Crippen LogP contribution >= 0.6 is 0 Å². The molecule has 2 aliphatic carbocycles. The molecule has 0 bridgehead atoms. The Bertz CT molecular complexity index is 189. The van der Waals surface area contributed by atoms with Gasteiger partial charge in [-0.1, -0.05) is 12.8 Å². The summed E-state index contributed by atoms with van der Waals surface area (Å²) >= 11 is 0. The molecule has 0 spiro atoms. The lowest BCUT2D eigenvalue weighted by atomic mass is 9.90. The molecular formula is C11H19NO. The zero-order chi connectivity index (χ0) is 8.67. The monoisotopic (exact) mass is 181 g/mol. The van der Waals surface area contributed by atoms with E-state index in [1.165, 1.54) is 45.1 Å². The number of fused-ring (bicyclic) bond motifs is 1. The van der Waals surface area contributed by atoms with E-state index < -0.39 is 0 Å². The van der Waals surface area contributed by atoms with E-state index in [1.54, 1.807) is 0 Å². The highest BCUT2D eigenvalue weighted by Gasteiger charge is 2.40. The van der Waals surface area contributed by atoms with Crippen molar-refractivity contribution in [2.45, 2.75) is 56.7 Å². The summed E-state index contributed by atoms with van der Waals surface area (Å²) in [4.78, 5) is 2.74. The summed E-state index contributed by atoms with van der Waals surface area (Å²) < 4.78 is 5.85. The van der Waals surface area contributed by atoms with Crippen LogP contribution in [0.25, 0.3) is 0 Å². The molecule has 2 nitrogen and oxygen atoms in total. The Morgan fingerprint density at radius 2 is 1.85 bits per heavy atom. The molecule has 13 heavy (non-hydrogen) atoms. The fourth-order valence-electron chi connectivity index (χ4n) is 2.99. The molecule has 1 saturated heterocycles. The minimum absolute atomic E-state index is 0.586. The van der Waals surface area contributed by atoms with Gasteiger partial charge in [0.2, 0.25) is 0 Å². The third-order valence-corrected chi connectivity index (χ3v) is 3.79. The van der Waals surface area contributed by atoms with Crippen LogP contribution in [0.2, 0.25) is 0 Å². The first-order valence-electron chi connectivity index (χ1n) is 5.82. The van der Waals surface area contributed by atoms with Crippen molar-refractivity contribution in [2.24, 2.45) is 0 Å². The van der Waals surface area contributed by atoms with Crippen molar-refractivity contribution < 1.29 is 4.74 Å². The SMILES string of the molecule is C1CCC2C(C1)OCCN2C1CC1. The van der Waals surface area contributed by atoms with E-state index in [1.807, 2.05) is 0 Å². The Morgan fingerprint density at radius 3 is 2.69 bits per heavy atom. The zero-order valence-electron chi connectivity index (χ0n) is 8.24. The molecule has 0 N–H and O–H groups in total. The van der Waals surface area contributed by atoms with E-state index >= 15 is 0 Å². The molecule has 3 aliphatic rings. The molecule has 2 heteroatoms. The summed E-state index contributed by atoms with van der Waals surface area (Å²) in [6.45, 7) is 2.18. The lowest BCUT2D eigenvalue weighted by Gasteiger charge is -2.44. The molecule has 0 radical (unpaired) electrons. The fourth-order valence-corrected chi connectivity index (χ4v) is 2.99. The van der Waals surface area contributed by atoms with Crippen LogP contribution in [-0.4, -0.2) is 36.2 Å². The topological polar surface area (TPSA) is 12.5 Å². The van der Waals surface area contributed by atoms with E-state index in [2.05, 4.69) is 4.90 Å². The Kier molecular flexibility index (Phi) is 2.06. The van der Waals surface area contributed by atoms with Crippen LogP contribution in [0.15, 0.2) is 0 Å². The van der Waals surface area contributed by atoms with Gasteiger partial charge < -0.3 is 4.74 Å². The van der Waals surface area contributed by atoms with Crippen LogP contribution in [0.4, 0.5) is 0 Å². The third kappa shape index (κ3) is 1.50. The molecule has 0 aromatic rings. The fraction of sp³-hybridized carbons (Fsp3) is 1.00. The quantitative estimate of drug-likeness (QED) is 0.611. The molecule has 74 valence electrons. The Morgan fingerprint density at radius 1 is 1.00 bits per heavy atom. The maximum atomic E-state index is 5.85. The average Bonchev–Trinajstić information content (AvgIpc) is 3.00. The van der Waals surface area contributed by atoms with Crippen molar-refractivity contribution in [1.29, 1.82) is 0 Å². The van der Waals surface area contributed by atoms with Gasteiger partial charge in [0.05, 0.1) is 12.7 Å². The minimum Gasteiger partial charge on any atom is -0.375 e. The second-order valence-electron chi connectivity index (χ2n) is 4.73. The third-order valence-electron chi connectivity index (χ3n) is 3.79. The number of hydrogen-bond donors (Lipinski definition) is 0. The first-order valence-corrected chi connectivity index (χ1v) is 5.82. The van der Waals surface area contributed by atoms with Crippen molar-refractivity contribution in [3.63, 3.8) is 0 Å². The predicted octanol–water partition coefficient (Wildman–Crippen LogP) is 1.79. The highest BCUT2D eigenvalue weighted by atomic mass is 16.5. The molecule has 3 fully saturated rings. The maximum absolute atomic E-state index is 5.85. The summed E-state index contributed by atoms with van der Waals surface area (Å²) in [6, 6.07) is 1.73. The summed E-state index contributed by atoms with van der Waals surface area (Å²) in [5, 5.41) is 0. The van der Waals surface area contributed by atoms with Crippen molar-refractivity contribution in [2.75, 3.05) is 13.2 Å². The molecule has 0 aromatic carbocycles. The first kappa shape index (κ1) is 8.25. The van der Waals surface area contributed by atoms with Gasteiger partial charge in [0.1, 0.15) is 0 Å². The van der Waals surface area contributed by atoms with Crippen LogP contribution in [0.5, 0.6) is 0 Å². The smallest absolute Gasteiger partial charge is 0.0731 e. The summed E-state index contributed by atoms with van der Waals surface area (Å²) in [6.07, 6.45) is 9.00. The van der Waals surface area contributed by atoms with E-state index in [-0.39, 0.29) is 0 Å². The van der Waals surface area contributed by atoms with Gasteiger partial charge in [-0.25, -0.2) is 0 Å². The van der Waals surface area contributed by atoms with Gasteiger partial charge in [0.25, 0.3) is 0 Å². The average molecular weight is 181 g/mol. The van der Waals surface area contributed by atoms with Gasteiger partial charge in [-0.15, -0.1) is 0 Å². The van der Waals surface area contributed by atoms with E-state index in [0.717, 1.165) is 18.7 Å². The van der Waals surface area contributed by atoms with Crippen molar-refractivity contribution in [1.82, 2.24) is 4.90 Å². The summed E-state index contributed by atoms with van der Waals surface area (Å²) in [5.41, 5.74) is 0. The Hall–Kier alpha value is -0.0800. The molecule has 1 aliphatic heterocycles. The lowest BCUT2D eigenvalue weighted by Crippen LogP contribution is -2.53. The molecule has 2 unspecified atom stereocenters. The van der Waals surface area contributed by atoms with Crippen LogP contribution in [0.1, 0.15) is 38.5 Å². The number of rotatable bonds is 1. The van der Waals surface area contributed by atoms with E-state index in [9.17, 15) is 0 Å². The van der Waals surface area contributed by atoms with Crippen LogP contribution in [0, 0.1) is 0 Å². The highest BCUT2D eigenvalue weighted by Crippen LogP contribution is 2.36. The van der Waals surface area contributed by atoms with Gasteiger partial charge in [0.15, 0.2) is 0 Å². The van der Waals surface area contributed by atoms with Gasteiger partial charge in [-0.3, -0.25) is 4.90 Å². The molecule has 0 amide bonds. The van der Waals surface area contributed by atoms with Gasteiger partial charge in [0, 0.05) is 18.6 Å². The van der Waals surface area contributed by atoms with Crippen molar-refractivity contribution in [3.05, 3.63) is 0 Å². The van der Waals surface area contributed by atoms with Crippen LogP contribution in [0.3, 0.4) is 0 Å². The number of hydrogen-bond acceptors (Lipinski definition) is 2. The maximum Gasteiger partial charge on any atom is 0.0731 e. The molecule has 2 saturated carbocycles. The second kappa shape index (κ2) is 3.25. The Balaban J connectivity index is 1.71. The first-order chi connectivity index (χ1) is 6.45. The zero-order valence-corrected chi connectivity index (χ0v) is 8.24. The number of morpholine rings is 1. The molecule has 3 rings (SSSR count). The molecule has 2 atom stereocenters. The largest absolute Gasteiger partial charge is 0.375 e. The Labute approximate surface area is 80.2 Å². The van der Waals surface area contributed by atoms with E-state index in [4.69, 9.17) is 4.74 Å². The van der Waals surface area contributed by atoms with Crippen LogP contribution < -0.4 is 0 Å². The molecule has 1 heterocycles. The van der Waals surface area contributed by atoms with Gasteiger partial charge in [-0.2, -0.15) is 0 Å². The minimum atomic E-state index is 0.586. The van der Waals surface area contributed by atoms with E-state index in [0.29, 0.717) is 6.10 Å². The normalized spacial score (nSPS) is 41.5. The molecular weight excluding hydrogens is 162 g/mol. The second-order valence-corrected chi connectivity index (χ2v) is 4.73. The predicted molar refractivity (Wildman–Crippen MR) is 51.7 cm³/mol. The van der Waals surface area contributed by atoms with Crippen LogP contribution in [-0.2, 0) is 4.74 Å². The molecule has 0 aromatic heterocycles. The summed E-state index contributed by atoms with van der Waals surface area (Å²) in [5.74, 6) is 0. The lowest BCUT2D eigenvalue weighted by molar-refractivity contribution is -0.0911. The van der Waals surface area contributed by atoms with Gasteiger partial charge >= 0.3 is 0 Å². The van der Waals surface area contributed by atoms with Gasteiger partial charge in [-0.05, 0) is 25.7 Å². The number of ether oxygens (including phenoxy) is 1. The standard InChI is InChI=1S/C11H19NO/c1-2-4-11-10(3-1)12(7-8-13-11)9-5-6-9/h9-11H,1-8H2. The highest BCUT2D eigenvalue weighted by molar-refractivity contribution is 4.95.